The molecule has 28 heavy (non-hydrogen) atoms. The number of fused-ring (bicyclic) bond motifs is 1. The summed E-state index contributed by atoms with van der Waals surface area (Å²) in [4.78, 5) is 17.9. The van der Waals surface area contributed by atoms with Gasteiger partial charge in [-0.15, -0.1) is 0 Å². The van der Waals surface area contributed by atoms with Crippen LogP contribution < -0.4 is 10.3 Å². The molecule has 0 spiro atoms. The molecule has 0 aliphatic carbocycles. The summed E-state index contributed by atoms with van der Waals surface area (Å²) in [6.45, 7) is 0. The molecule has 0 bridgehead atoms. The van der Waals surface area contributed by atoms with E-state index in [1.54, 1.807) is 35.9 Å². The maximum atomic E-state index is 13.5. The average molecular weight is 392 g/mol. The van der Waals surface area contributed by atoms with Crippen molar-refractivity contribution >= 4 is 22.7 Å². The average Bonchev–Trinajstić information content (AvgIpc) is 2.73. The number of nitrogens with zero attached hydrogens (tertiary/aromatic N) is 2. The van der Waals surface area contributed by atoms with E-state index in [1.807, 2.05) is 36.4 Å². The van der Waals surface area contributed by atoms with Gasteiger partial charge in [0.15, 0.2) is 5.16 Å². The van der Waals surface area contributed by atoms with E-state index in [2.05, 4.69) is 0 Å². The highest BCUT2D eigenvalue weighted by Crippen LogP contribution is 2.25. The number of hydrogen-bond donors (Lipinski definition) is 0. The van der Waals surface area contributed by atoms with Crippen molar-refractivity contribution in [1.29, 1.82) is 0 Å². The molecule has 0 unspecified atom stereocenters. The number of methoxy groups -OCH3 is 1. The minimum Gasteiger partial charge on any atom is -0.497 e. The topological polar surface area (TPSA) is 44.1 Å². The Balaban J connectivity index is 1.81. The number of ether oxygens (including phenoxy) is 1. The molecule has 1 aromatic heterocycles. The smallest absolute Gasteiger partial charge is 0.266 e. The fourth-order valence-electron chi connectivity index (χ4n) is 2.94. The van der Waals surface area contributed by atoms with Crippen LogP contribution in [0, 0.1) is 5.82 Å². The van der Waals surface area contributed by atoms with Gasteiger partial charge in [0.25, 0.3) is 5.56 Å². The Morgan fingerprint density at radius 2 is 1.82 bits per heavy atom. The van der Waals surface area contributed by atoms with Gasteiger partial charge in [-0.2, -0.15) is 0 Å². The summed E-state index contributed by atoms with van der Waals surface area (Å²) in [5.41, 5.74) is 2.02. The molecule has 0 saturated heterocycles. The number of hydrogen-bond acceptors (Lipinski definition) is 4. The third-order valence-corrected chi connectivity index (χ3v) is 5.34. The van der Waals surface area contributed by atoms with Crippen molar-refractivity contribution < 1.29 is 9.13 Å². The van der Waals surface area contributed by atoms with E-state index in [-0.39, 0.29) is 11.4 Å². The van der Waals surface area contributed by atoms with Crippen molar-refractivity contribution in [1.82, 2.24) is 9.55 Å². The second-order valence-electron chi connectivity index (χ2n) is 6.17. The molecule has 0 atom stereocenters. The minimum atomic E-state index is -0.280. The van der Waals surface area contributed by atoms with Gasteiger partial charge in [0.05, 0.1) is 23.7 Å². The summed E-state index contributed by atoms with van der Waals surface area (Å²) < 4.78 is 20.3. The Labute approximate surface area is 165 Å². The molecule has 0 aliphatic rings. The van der Waals surface area contributed by atoms with Gasteiger partial charge in [0, 0.05) is 5.75 Å². The van der Waals surface area contributed by atoms with E-state index in [1.165, 1.54) is 23.9 Å². The second kappa shape index (κ2) is 7.86. The first-order chi connectivity index (χ1) is 13.7. The lowest BCUT2D eigenvalue weighted by Crippen LogP contribution is -2.21. The Kier molecular flexibility index (Phi) is 5.12. The van der Waals surface area contributed by atoms with Crippen molar-refractivity contribution in [3.8, 4) is 11.4 Å². The van der Waals surface area contributed by atoms with Crippen LogP contribution >= 0.6 is 11.8 Å². The van der Waals surface area contributed by atoms with E-state index < -0.39 is 0 Å². The lowest BCUT2D eigenvalue weighted by atomic mass is 10.2. The van der Waals surface area contributed by atoms with Crippen molar-refractivity contribution in [2.75, 3.05) is 7.11 Å². The minimum absolute atomic E-state index is 0.141. The fourth-order valence-corrected chi connectivity index (χ4v) is 3.90. The van der Waals surface area contributed by atoms with Crippen LogP contribution in [0.3, 0.4) is 0 Å². The molecule has 1 heterocycles. The molecule has 0 amide bonds. The number of benzene rings is 3. The number of thioether (sulfide) groups is 1. The first kappa shape index (κ1) is 18.3. The highest BCUT2D eigenvalue weighted by atomic mass is 32.2. The third kappa shape index (κ3) is 3.64. The van der Waals surface area contributed by atoms with Crippen LogP contribution in [0.1, 0.15) is 5.56 Å². The van der Waals surface area contributed by atoms with Gasteiger partial charge in [0.2, 0.25) is 0 Å². The Hall–Kier alpha value is -3.12. The maximum absolute atomic E-state index is 13.5. The quantitative estimate of drug-likeness (QED) is 0.361. The highest BCUT2D eigenvalue weighted by Gasteiger charge is 2.13. The van der Waals surface area contributed by atoms with Gasteiger partial charge in [-0.05, 0) is 54.1 Å². The van der Waals surface area contributed by atoms with Gasteiger partial charge in [0.1, 0.15) is 11.6 Å². The summed E-state index contributed by atoms with van der Waals surface area (Å²) in [5, 5.41) is 1.10. The first-order valence-electron chi connectivity index (χ1n) is 8.69. The standard InChI is InChI=1S/C22H17FN2O2S/c1-27-18-11-9-17(10-12-18)25-21(26)19-7-2-3-8-20(19)24-22(25)28-14-15-5-4-6-16(23)13-15/h2-13H,14H2,1H3. The van der Waals surface area contributed by atoms with Crippen molar-refractivity contribution in [2.24, 2.45) is 0 Å². The molecule has 0 aliphatic heterocycles. The van der Waals surface area contributed by atoms with Crippen LogP contribution in [0.2, 0.25) is 0 Å². The second-order valence-corrected chi connectivity index (χ2v) is 7.11. The summed E-state index contributed by atoms with van der Waals surface area (Å²) in [5.74, 6) is 0.926. The molecule has 0 N–H and O–H groups in total. The third-order valence-electron chi connectivity index (χ3n) is 4.33. The van der Waals surface area contributed by atoms with Gasteiger partial charge in [-0.3, -0.25) is 9.36 Å². The van der Waals surface area contributed by atoms with Gasteiger partial charge < -0.3 is 4.74 Å². The molecule has 6 heteroatoms. The predicted molar refractivity (Wildman–Crippen MR) is 110 cm³/mol. The van der Waals surface area contributed by atoms with Crippen LogP contribution in [0.25, 0.3) is 16.6 Å². The monoisotopic (exact) mass is 392 g/mol. The summed E-state index contributed by atoms with van der Waals surface area (Å²) in [7, 11) is 1.60. The lowest BCUT2D eigenvalue weighted by Gasteiger charge is -2.13. The maximum Gasteiger partial charge on any atom is 0.266 e. The van der Waals surface area contributed by atoms with E-state index in [0.29, 0.717) is 33.2 Å². The van der Waals surface area contributed by atoms with Crippen LogP contribution in [-0.4, -0.2) is 16.7 Å². The lowest BCUT2D eigenvalue weighted by molar-refractivity contribution is 0.414. The largest absolute Gasteiger partial charge is 0.497 e. The fraction of sp³-hybridized carbons (Fsp3) is 0.0909. The zero-order valence-corrected chi connectivity index (χ0v) is 15.9. The zero-order valence-electron chi connectivity index (χ0n) is 15.1. The molecule has 0 fully saturated rings. The summed E-state index contributed by atoms with van der Waals surface area (Å²) in [6.07, 6.45) is 0. The van der Waals surface area contributed by atoms with Crippen LogP contribution in [0.4, 0.5) is 4.39 Å². The normalized spacial score (nSPS) is 10.9. The predicted octanol–water partition coefficient (Wildman–Crippen LogP) is 4.83. The molecule has 4 aromatic rings. The highest BCUT2D eigenvalue weighted by molar-refractivity contribution is 7.98. The van der Waals surface area contributed by atoms with Gasteiger partial charge >= 0.3 is 0 Å². The molecule has 140 valence electrons. The Morgan fingerprint density at radius 1 is 1.04 bits per heavy atom. The molecular formula is C22H17FN2O2S. The number of halogens is 1. The van der Waals surface area contributed by atoms with E-state index in [9.17, 15) is 9.18 Å². The van der Waals surface area contributed by atoms with Crippen molar-refractivity contribution in [2.45, 2.75) is 10.9 Å². The summed E-state index contributed by atoms with van der Waals surface area (Å²) >= 11 is 1.40. The summed E-state index contributed by atoms with van der Waals surface area (Å²) in [6, 6.07) is 21.0. The van der Waals surface area contributed by atoms with E-state index in [4.69, 9.17) is 9.72 Å². The SMILES string of the molecule is COc1ccc(-n2c(SCc3cccc(F)c3)nc3ccccc3c2=O)cc1. The Bertz CT molecular complexity index is 1190. The molecule has 4 nitrogen and oxygen atoms in total. The number of para-hydroxylation sites is 1. The molecular weight excluding hydrogens is 375 g/mol. The van der Waals surface area contributed by atoms with Crippen LogP contribution in [0.15, 0.2) is 82.7 Å². The van der Waals surface area contributed by atoms with E-state index >= 15 is 0 Å². The molecule has 4 rings (SSSR count). The van der Waals surface area contributed by atoms with Crippen molar-refractivity contribution in [3.63, 3.8) is 0 Å². The number of aromatic nitrogens is 2. The van der Waals surface area contributed by atoms with Crippen LogP contribution in [0.5, 0.6) is 5.75 Å². The number of rotatable bonds is 5. The Morgan fingerprint density at radius 3 is 2.57 bits per heavy atom. The molecule has 0 radical (unpaired) electrons. The van der Waals surface area contributed by atoms with Gasteiger partial charge in [-0.1, -0.05) is 36.0 Å². The zero-order chi connectivity index (χ0) is 19.5. The van der Waals surface area contributed by atoms with Gasteiger partial charge in [-0.25, -0.2) is 9.37 Å². The molecule has 0 saturated carbocycles. The van der Waals surface area contributed by atoms with E-state index in [0.717, 1.165) is 5.56 Å². The molecule has 3 aromatic carbocycles. The first-order valence-corrected chi connectivity index (χ1v) is 9.68. The van der Waals surface area contributed by atoms with Crippen molar-refractivity contribution in [3.05, 3.63) is 94.5 Å². The van der Waals surface area contributed by atoms with Crippen LogP contribution in [-0.2, 0) is 5.75 Å².